The molecule has 0 fully saturated rings. The fourth-order valence-electron chi connectivity index (χ4n) is 1.90. The highest BCUT2D eigenvalue weighted by molar-refractivity contribution is 6.00. The number of benzene rings is 2. The van der Waals surface area contributed by atoms with E-state index in [0.29, 0.717) is 6.42 Å². The highest BCUT2D eigenvalue weighted by atomic mass is 16.5. The summed E-state index contributed by atoms with van der Waals surface area (Å²) in [4.78, 5) is 11.9. The average Bonchev–Trinajstić information content (AvgIpc) is 2.43. The average molecular weight is 240 g/mol. The van der Waals surface area contributed by atoms with Crippen LogP contribution >= 0.6 is 0 Å². The largest absolute Gasteiger partial charge is 0.497 e. The van der Waals surface area contributed by atoms with Gasteiger partial charge in [-0.25, -0.2) is 0 Å². The van der Waals surface area contributed by atoms with Gasteiger partial charge in [-0.1, -0.05) is 24.3 Å². The van der Waals surface area contributed by atoms with E-state index in [0.717, 1.165) is 28.5 Å². The topological polar surface area (TPSA) is 26.3 Å². The Bertz CT molecular complexity index is 585. The zero-order chi connectivity index (χ0) is 13.0. The molecule has 2 nitrogen and oxygen atoms in total. The summed E-state index contributed by atoms with van der Waals surface area (Å²) in [5.74, 6) is 0.987. The summed E-state index contributed by atoms with van der Waals surface area (Å²) in [6.45, 7) is 3.63. The van der Waals surface area contributed by atoms with E-state index in [9.17, 15) is 4.79 Å². The van der Waals surface area contributed by atoms with Crippen molar-refractivity contribution in [3.05, 3.63) is 54.6 Å². The maximum atomic E-state index is 11.9. The Morgan fingerprint density at radius 2 is 1.94 bits per heavy atom. The van der Waals surface area contributed by atoms with Crippen molar-refractivity contribution in [2.24, 2.45) is 0 Å². The summed E-state index contributed by atoms with van der Waals surface area (Å²) in [6, 6.07) is 11.6. The Morgan fingerprint density at radius 1 is 1.22 bits per heavy atom. The van der Waals surface area contributed by atoms with E-state index in [1.165, 1.54) is 0 Å². The van der Waals surface area contributed by atoms with E-state index < -0.39 is 0 Å². The van der Waals surface area contributed by atoms with Gasteiger partial charge in [0.25, 0.3) is 0 Å². The highest BCUT2D eigenvalue weighted by Gasteiger charge is 2.06. The van der Waals surface area contributed by atoms with Gasteiger partial charge in [0, 0.05) is 12.0 Å². The predicted octanol–water partition coefficient (Wildman–Crippen LogP) is 4.00. The molecule has 2 aromatic rings. The summed E-state index contributed by atoms with van der Waals surface area (Å²) in [5, 5.41) is 2.13. The molecular weight excluding hydrogens is 224 g/mol. The number of ketones is 1. The number of allylic oxidation sites excluding steroid dienone is 1. The number of rotatable bonds is 5. The van der Waals surface area contributed by atoms with Gasteiger partial charge in [-0.3, -0.25) is 4.79 Å². The van der Waals surface area contributed by atoms with Crippen LogP contribution in [0.15, 0.2) is 49.1 Å². The minimum absolute atomic E-state index is 0.160. The van der Waals surface area contributed by atoms with E-state index in [4.69, 9.17) is 4.74 Å². The smallest absolute Gasteiger partial charge is 0.163 e. The Hall–Kier alpha value is -2.09. The van der Waals surface area contributed by atoms with Crippen molar-refractivity contribution in [2.75, 3.05) is 7.11 Å². The van der Waals surface area contributed by atoms with Gasteiger partial charge in [0.2, 0.25) is 0 Å². The van der Waals surface area contributed by atoms with Crippen LogP contribution in [0.25, 0.3) is 10.8 Å². The molecule has 2 rings (SSSR count). The van der Waals surface area contributed by atoms with Gasteiger partial charge in [0.05, 0.1) is 7.11 Å². The van der Waals surface area contributed by atoms with Gasteiger partial charge in [0.15, 0.2) is 5.78 Å². The van der Waals surface area contributed by atoms with Gasteiger partial charge in [-0.2, -0.15) is 0 Å². The van der Waals surface area contributed by atoms with Crippen LogP contribution in [0, 0.1) is 0 Å². The quantitative estimate of drug-likeness (QED) is 0.583. The molecule has 0 heterocycles. The van der Waals surface area contributed by atoms with E-state index in [1.54, 1.807) is 13.2 Å². The van der Waals surface area contributed by atoms with Crippen LogP contribution in [0.3, 0.4) is 0 Å². The normalized spacial score (nSPS) is 10.3. The zero-order valence-corrected chi connectivity index (χ0v) is 10.5. The second-order valence-corrected chi connectivity index (χ2v) is 4.18. The molecule has 0 saturated carbocycles. The van der Waals surface area contributed by atoms with Crippen molar-refractivity contribution < 1.29 is 9.53 Å². The number of hydrogen-bond acceptors (Lipinski definition) is 2. The summed E-state index contributed by atoms with van der Waals surface area (Å²) in [5.41, 5.74) is 0.759. The lowest BCUT2D eigenvalue weighted by molar-refractivity contribution is 0.0984. The van der Waals surface area contributed by atoms with Gasteiger partial charge >= 0.3 is 0 Å². The molecule has 92 valence electrons. The molecular formula is C16H16O2. The molecule has 2 heteroatoms. The van der Waals surface area contributed by atoms with Crippen molar-refractivity contribution in [3.8, 4) is 5.75 Å². The Labute approximate surface area is 107 Å². The Kier molecular flexibility index (Phi) is 3.78. The molecule has 0 spiro atoms. The molecule has 0 bridgehead atoms. The molecule has 0 aliphatic rings. The number of ether oxygens (including phenoxy) is 1. The van der Waals surface area contributed by atoms with Crippen LogP contribution < -0.4 is 4.74 Å². The first kappa shape index (κ1) is 12.4. The first-order valence-electron chi connectivity index (χ1n) is 5.96. The van der Waals surface area contributed by atoms with Crippen molar-refractivity contribution in [3.63, 3.8) is 0 Å². The second-order valence-electron chi connectivity index (χ2n) is 4.18. The highest BCUT2D eigenvalue weighted by Crippen LogP contribution is 2.22. The number of carbonyl (C=O) groups excluding carboxylic acids is 1. The fraction of sp³-hybridized carbons (Fsp3) is 0.188. The first-order chi connectivity index (χ1) is 8.74. The second kappa shape index (κ2) is 5.50. The molecule has 0 amide bonds. The summed E-state index contributed by atoms with van der Waals surface area (Å²) >= 11 is 0. The number of Topliss-reactive ketones (excluding diaryl/α,β-unsaturated/α-hetero) is 1. The van der Waals surface area contributed by atoms with E-state index in [2.05, 4.69) is 6.58 Å². The molecule has 0 saturated heterocycles. The standard InChI is InChI=1S/C16H16O2/c1-3-4-5-16(17)14-7-6-13-11-15(18-2)9-8-12(13)10-14/h3,6-11H,1,4-5H2,2H3. The summed E-state index contributed by atoms with van der Waals surface area (Å²) in [7, 11) is 1.65. The lowest BCUT2D eigenvalue weighted by atomic mass is 10.0. The lowest BCUT2D eigenvalue weighted by Gasteiger charge is -2.05. The third kappa shape index (κ3) is 2.59. The van der Waals surface area contributed by atoms with Crippen molar-refractivity contribution in [1.82, 2.24) is 0 Å². The zero-order valence-electron chi connectivity index (χ0n) is 10.5. The SMILES string of the molecule is C=CCCC(=O)c1ccc2cc(OC)ccc2c1. The van der Waals surface area contributed by atoms with E-state index in [1.807, 2.05) is 36.4 Å². The minimum Gasteiger partial charge on any atom is -0.497 e. The van der Waals surface area contributed by atoms with Gasteiger partial charge in [-0.15, -0.1) is 6.58 Å². The first-order valence-corrected chi connectivity index (χ1v) is 5.96. The monoisotopic (exact) mass is 240 g/mol. The third-order valence-electron chi connectivity index (χ3n) is 2.94. The number of hydrogen-bond donors (Lipinski definition) is 0. The number of fused-ring (bicyclic) bond motifs is 1. The molecule has 0 aromatic heterocycles. The molecule has 0 aliphatic heterocycles. The third-order valence-corrected chi connectivity index (χ3v) is 2.94. The predicted molar refractivity (Wildman–Crippen MR) is 74.3 cm³/mol. The van der Waals surface area contributed by atoms with Crippen molar-refractivity contribution in [2.45, 2.75) is 12.8 Å². The molecule has 0 radical (unpaired) electrons. The van der Waals surface area contributed by atoms with Crippen molar-refractivity contribution in [1.29, 1.82) is 0 Å². The molecule has 0 N–H and O–H groups in total. The maximum absolute atomic E-state index is 11.9. The van der Waals surface area contributed by atoms with Crippen LogP contribution in [0.2, 0.25) is 0 Å². The molecule has 2 aromatic carbocycles. The fourth-order valence-corrected chi connectivity index (χ4v) is 1.90. The van der Waals surface area contributed by atoms with Crippen LogP contribution in [-0.4, -0.2) is 12.9 Å². The van der Waals surface area contributed by atoms with Gasteiger partial charge in [0.1, 0.15) is 5.75 Å². The van der Waals surface area contributed by atoms with Crippen LogP contribution in [0.4, 0.5) is 0 Å². The number of carbonyl (C=O) groups is 1. The summed E-state index contributed by atoms with van der Waals surface area (Å²) in [6.07, 6.45) is 3.01. The van der Waals surface area contributed by atoms with Crippen LogP contribution in [0.1, 0.15) is 23.2 Å². The molecule has 0 atom stereocenters. The molecule has 0 unspecified atom stereocenters. The number of methoxy groups -OCH3 is 1. The Balaban J connectivity index is 2.32. The van der Waals surface area contributed by atoms with Crippen LogP contribution in [-0.2, 0) is 0 Å². The van der Waals surface area contributed by atoms with Crippen molar-refractivity contribution >= 4 is 16.6 Å². The molecule has 0 aliphatic carbocycles. The van der Waals surface area contributed by atoms with Gasteiger partial charge < -0.3 is 4.74 Å². The minimum atomic E-state index is 0.160. The Morgan fingerprint density at radius 3 is 2.67 bits per heavy atom. The molecule has 18 heavy (non-hydrogen) atoms. The van der Waals surface area contributed by atoms with E-state index in [-0.39, 0.29) is 5.78 Å². The maximum Gasteiger partial charge on any atom is 0.163 e. The van der Waals surface area contributed by atoms with Gasteiger partial charge in [-0.05, 0) is 35.4 Å². The summed E-state index contributed by atoms with van der Waals surface area (Å²) < 4.78 is 5.18. The lowest BCUT2D eigenvalue weighted by Crippen LogP contribution is -1.97. The van der Waals surface area contributed by atoms with E-state index >= 15 is 0 Å². The van der Waals surface area contributed by atoms with Crippen LogP contribution in [0.5, 0.6) is 5.75 Å².